The average molecular weight is 240 g/mol. The van der Waals surface area contributed by atoms with Crippen LogP contribution in [0.15, 0.2) is 6.20 Å². The van der Waals surface area contributed by atoms with Crippen molar-refractivity contribution in [3.05, 3.63) is 16.3 Å². The molecule has 1 aliphatic rings. The van der Waals surface area contributed by atoms with Crippen molar-refractivity contribution in [2.45, 2.75) is 25.3 Å². The van der Waals surface area contributed by atoms with Crippen molar-refractivity contribution in [1.82, 2.24) is 9.78 Å². The van der Waals surface area contributed by atoms with Crippen molar-refractivity contribution >= 4 is 11.5 Å². The fourth-order valence-electron chi connectivity index (χ4n) is 2.33. The van der Waals surface area contributed by atoms with Crippen molar-refractivity contribution in [1.29, 1.82) is 0 Å². The summed E-state index contributed by atoms with van der Waals surface area (Å²) in [5, 5.41) is 27.1. The molecule has 2 rings (SSSR count). The van der Waals surface area contributed by atoms with Gasteiger partial charge in [0.05, 0.1) is 4.92 Å². The summed E-state index contributed by atoms with van der Waals surface area (Å²) in [6.45, 7) is 0.109. The van der Waals surface area contributed by atoms with Crippen molar-refractivity contribution in [2.24, 2.45) is 13.0 Å². The van der Waals surface area contributed by atoms with Gasteiger partial charge < -0.3 is 10.4 Å². The Morgan fingerprint density at radius 2 is 2.47 bits per heavy atom. The van der Waals surface area contributed by atoms with Gasteiger partial charge in [0, 0.05) is 25.6 Å². The summed E-state index contributed by atoms with van der Waals surface area (Å²) in [4.78, 5) is 10.4. The van der Waals surface area contributed by atoms with Gasteiger partial charge in [0.1, 0.15) is 6.20 Å². The van der Waals surface area contributed by atoms with Gasteiger partial charge in [-0.25, -0.2) is 0 Å². The van der Waals surface area contributed by atoms with Crippen LogP contribution in [0.25, 0.3) is 0 Å². The predicted molar refractivity (Wildman–Crippen MR) is 61.7 cm³/mol. The molecule has 7 heteroatoms. The number of rotatable bonds is 4. The van der Waals surface area contributed by atoms with E-state index < -0.39 is 4.92 Å². The Balaban J connectivity index is 2.15. The molecule has 1 aliphatic carbocycles. The average Bonchev–Trinajstić information content (AvgIpc) is 2.85. The summed E-state index contributed by atoms with van der Waals surface area (Å²) < 4.78 is 1.42. The van der Waals surface area contributed by atoms with Crippen LogP contribution in [-0.2, 0) is 7.05 Å². The van der Waals surface area contributed by atoms with E-state index in [9.17, 15) is 15.2 Å². The molecular weight excluding hydrogens is 224 g/mol. The van der Waals surface area contributed by atoms with Gasteiger partial charge in [0.25, 0.3) is 0 Å². The number of nitrogens with zero attached hydrogens (tertiary/aromatic N) is 3. The van der Waals surface area contributed by atoms with E-state index in [-0.39, 0.29) is 24.3 Å². The number of anilines is 1. The van der Waals surface area contributed by atoms with Crippen LogP contribution in [0.2, 0.25) is 0 Å². The molecule has 1 fully saturated rings. The van der Waals surface area contributed by atoms with Crippen LogP contribution in [-0.4, -0.2) is 32.5 Å². The maximum atomic E-state index is 10.8. The van der Waals surface area contributed by atoms with Gasteiger partial charge >= 0.3 is 5.69 Å². The number of aromatic nitrogens is 2. The Bertz CT molecular complexity index is 418. The third kappa shape index (κ3) is 2.38. The lowest BCUT2D eigenvalue weighted by Crippen LogP contribution is -2.26. The summed E-state index contributed by atoms with van der Waals surface area (Å²) in [6.07, 6.45) is 4.28. The number of hydrogen-bond donors (Lipinski definition) is 2. The molecular formula is C10H16N4O3. The maximum Gasteiger partial charge on any atom is 0.330 e. The van der Waals surface area contributed by atoms with Gasteiger partial charge in [-0.2, -0.15) is 0 Å². The van der Waals surface area contributed by atoms with Gasteiger partial charge in [-0.15, -0.1) is 5.10 Å². The topological polar surface area (TPSA) is 93.2 Å². The van der Waals surface area contributed by atoms with Gasteiger partial charge in [0.2, 0.25) is 5.82 Å². The largest absolute Gasteiger partial charge is 0.396 e. The van der Waals surface area contributed by atoms with Crippen LogP contribution in [0.5, 0.6) is 0 Å². The molecule has 17 heavy (non-hydrogen) atoms. The number of aliphatic hydroxyl groups excluding tert-OH is 1. The normalized spacial score (nSPS) is 23.9. The van der Waals surface area contributed by atoms with E-state index in [1.807, 2.05) is 0 Å². The van der Waals surface area contributed by atoms with Crippen molar-refractivity contribution < 1.29 is 10.0 Å². The fourth-order valence-corrected chi connectivity index (χ4v) is 2.33. The molecule has 2 N–H and O–H groups in total. The van der Waals surface area contributed by atoms with Crippen LogP contribution in [0, 0.1) is 16.0 Å². The highest BCUT2D eigenvalue weighted by molar-refractivity contribution is 5.55. The Morgan fingerprint density at radius 3 is 3.12 bits per heavy atom. The van der Waals surface area contributed by atoms with E-state index in [2.05, 4.69) is 10.4 Å². The zero-order valence-electron chi connectivity index (χ0n) is 9.67. The van der Waals surface area contributed by atoms with Gasteiger partial charge in [-0.1, -0.05) is 6.42 Å². The highest BCUT2D eigenvalue weighted by Crippen LogP contribution is 2.30. The van der Waals surface area contributed by atoms with Crippen LogP contribution in [0.3, 0.4) is 0 Å². The van der Waals surface area contributed by atoms with Gasteiger partial charge in [0.15, 0.2) is 0 Å². The van der Waals surface area contributed by atoms with E-state index >= 15 is 0 Å². The summed E-state index contributed by atoms with van der Waals surface area (Å²) in [5.74, 6) is 0.458. The molecule has 2 atom stereocenters. The lowest BCUT2D eigenvalue weighted by Gasteiger charge is -2.18. The van der Waals surface area contributed by atoms with Crippen molar-refractivity contribution in [3.63, 3.8) is 0 Å². The quantitative estimate of drug-likeness (QED) is 0.602. The van der Waals surface area contributed by atoms with Crippen LogP contribution >= 0.6 is 0 Å². The van der Waals surface area contributed by atoms with Crippen LogP contribution in [0.1, 0.15) is 19.3 Å². The molecule has 0 radical (unpaired) electrons. The first-order valence-corrected chi connectivity index (χ1v) is 5.67. The zero-order valence-corrected chi connectivity index (χ0v) is 9.67. The summed E-state index contributed by atoms with van der Waals surface area (Å²) >= 11 is 0. The zero-order chi connectivity index (χ0) is 12.4. The second-order valence-electron chi connectivity index (χ2n) is 4.42. The van der Waals surface area contributed by atoms with Crippen LogP contribution < -0.4 is 5.32 Å². The summed E-state index contributed by atoms with van der Waals surface area (Å²) in [6, 6.07) is 0.0774. The molecule has 0 amide bonds. The van der Waals surface area contributed by atoms with Crippen LogP contribution in [0.4, 0.5) is 11.5 Å². The monoisotopic (exact) mass is 240 g/mol. The first kappa shape index (κ1) is 11.8. The van der Waals surface area contributed by atoms with E-state index in [4.69, 9.17) is 0 Å². The SMILES string of the molecule is Cn1cc([N+](=O)[O-])c(NC2CCCC2CO)n1. The van der Waals surface area contributed by atoms with Gasteiger partial charge in [-0.05, 0) is 12.8 Å². The first-order valence-electron chi connectivity index (χ1n) is 5.67. The third-order valence-corrected chi connectivity index (χ3v) is 3.22. The van der Waals surface area contributed by atoms with Crippen molar-refractivity contribution in [3.8, 4) is 0 Å². The van der Waals surface area contributed by atoms with E-state index in [0.717, 1.165) is 19.3 Å². The molecule has 0 aromatic carbocycles. The molecule has 0 saturated heterocycles. The Morgan fingerprint density at radius 1 is 1.71 bits per heavy atom. The number of aliphatic hydroxyl groups is 1. The Hall–Kier alpha value is -1.63. The summed E-state index contributed by atoms with van der Waals surface area (Å²) in [7, 11) is 1.65. The highest BCUT2D eigenvalue weighted by atomic mass is 16.6. The van der Waals surface area contributed by atoms with E-state index in [1.54, 1.807) is 7.05 Å². The smallest absolute Gasteiger partial charge is 0.330 e. The molecule has 1 aromatic rings. The van der Waals surface area contributed by atoms with E-state index in [1.165, 1.54) is 10.9 Å². The van der Waals surface area contributed by atoms with Crippen molar-refractivity contribution in [2.75, 3.05) is 11.9 Å². The highest BCUT2D eigenvalue weighted by Gasteiger charge is 2.29. The minimum atomic E-state index is -0.446. The Labute approximate surface area is 98.6 Å². The standard InChI is InChI=1S/C10H16N4O3/c1-13-5-9(14(16)17)10(12-13)11-8-4-2-3-7(8)6-15/h5,7-8,15H,2-4,6H2,1H3,(H,11,12). The molecule has 7 nitrogen and oxygen atoms in total. The maximum absolute atomic E-state index is 10.8. The lowest BCUT2D eigenvalue weighted by atomic mass is 10.1. The Kier molecular flexibility index (Phi) is 3.28. The second kappa shape index (κ2) is 4.70. The van der Waals surface area contributed by atoms with Gasteiger partial charge in [-0.3, -0.25) is 14.8 Å². The first-order chi connectivity index (χ1) is 8.11. The molecule has 1 saturated carbocycles. The van der Waals surface area contributed by atoms with E-state index in [0.29, 0.717) is 5.82 Å². The fraction of sp³-hybridized carbons (Fsp3) is 0.700. The molecule has 94 valence electrons. The molecule has 0 aliphatic heterocycles. The summed E-state index contributed by atoms with van der Waals surface area (Å²) in [5.41, 5.74) is -0.0175. The molecule has 1 aromatic heterocycles. The number of aryl methyl sites for hydroxylation is 1. The molecule has 0 spiro atoms. The molecule has 2 unspecified atom stereocenters. The minimum absolute atomic E-state index is 0.0175. The second-order valence-corrected chi connectivity index (χ2v) is 4.42. The third-order valence-electron chi connectivity index (χ3n) is 3.22. The lowest BCUT2D eigenvalue weighted by molar-refractivity contribution is -0.384. The number of nitro groups is 1. The molecule has 0 bridgehead atoms. The minimum Gasteiger partial charge on any atom is -0.396 e. The number of hydrogen-bond acceptors (Lipinski definition) is 5. The number of nitrogens with one attached hydrogen (secondary N) is 1. The molecule has 1 heterocycles. The predicted octanol–water partition coefficient (Wildman–Crippen LogP) is 0.901.